The van der Waals surface area contributed by atoms with Crippen molar-refractivity contribution in [2.45, 2.75) is 6.54 Å². The maximum atomic E-state index is 11.8. The number of H-pyrrole nitrogens is 2. The normalized spacial score (nSPS) is 10.3. The van der Waals surface area contributed by atoms with Crippen LogP contribution in [0.5, 0.6) is 0 Å². The summed E-state index contributed by atoms with van der Waals surface area (Å²) in [6.07, 6.45) is 1.34. The van der Waals surface area contributed by atoms with Crippen molar-refractivity contribution < 1.29 is 4.79 Å². The fourth-order valence-electron chi connectivity index (χ4n) is 1.62. The molecule has 0 radical (unpaired) electrons. The van der Waals surface area contributed by atoms with Gasteiger partial charge in [-0.3, -0.25) is 4.79 Å². The van der Waals surface area contributed by atoms with Crippen LogP contribution in [0.1, 0.15) is 16.1 Å². The number of imidazole rings is 1. The van der Waals surface area contributed by atoms with Crippen LogP contribution in [-0.2, 0) is 6.54 Å². The highest BCUT2D eigenvalue weighted by Crippen LogP contribution is 2.11. The Morgan fingerprint density at radius 2 is 2.22 bits per heavy atom. The Hall–Kier alpha value is -2.34. The Morgan fingerprint density at radius 3 is 2.89 bits per heavy atom. The van der Waals surface area contributed by atoms with Crippen molar-refractivity contribution in [3.05, 3.63) is 52.2 Å². The summed E-state index contributed by atoms with van der Waals surface area (Å²) in [7, 11) is 1.86. The third-order valence-corrected chi connectivity index (χ3v) is 2.41. The number of aromatic nitrogens is 2. The summed E-state index contributed by atoms with van der Waals surface area (Å²) in [6.45, 7) is 0.727. The van der Waals surface area contributed by atoms with Gasteiger partial charge >= 0.3 is 5.69 Å². The molecule has 0 aliphatic rings. The van der Waals surface area contributed by atoms with E-state index >= 15 is 0 Å². The molecule has 0 unspecified atom stereocenters. The lowest BCUT2D eigenvalue weighted by atomic mass is 10.2. The maximum Gasteiger partial charge on any atom is 0.323 e. The van der Waals surface area contributed by atoms with Crippen LogP contribution in [0.15, 0.2) is 35.3 Å². The number of rotatable bonds is 4. The van der Waals surface area contributed by atoms with Crippen LogP contribution in [0, 0.1) is 0 Å². The first kappa shape index (κ1) is 12.1. The monoisotopic (exact) mass is 246 g/mol. The van der Waals surface area contributed by atoms with Gasteiger partial charge in [-0.1, -0.05) is 12.1 Å². The molecule has 0 saturated carbocycles. The quantitative estimate of drug-likeness (QED) is 0.639. The minimum Gasteiger partial charge on any atom is -0.321 e. The number of nitrogens with one attached hydrogen (secondary N) is 4. The van der Waals surface area contributed by atoms with Crippen LogP contribution < -0.4 is 16.3 Å². The van der Waals surface area contributed by atoms with E-state index in [0.29, 0.717) is 5.69 Å². The van der Waals surface area contributed by atoms with Crippen molar-refractivity contribution in [2.75, 3.05) is 12.4 Å². The summed E-state index contributed by atoms with van der Waals surface area (Å²) in [4.78, 5) is 27.5. The predicted molar refractivity (Wildman–Crippen MR) is 68.6 cm³/mol. The fourth-order valence-corrected chi connectivity index (χ4v) is 1.62. The molecule has 6 heteroatoms. The Kier molecular flexibility index (Phi) is 3.59. The largest absolute Gasteiger partial charge is 0.323 e. The Bertz CT molecular complexity index is 600. The van der Waals surface area contributed by atoms with E-state index in [0.717, 1.165) is 12.1 Å². The van der Waals surface area contributed by atoms with Crippen molar-refractivity contribution in [2.24, 2.45) is 0 Å². The fraction of sp³-hybridized carbons (Fsp3) is 0.167. The molecule has 1 aromatic heterocycles. The lowest BCUT2D eigenvalue weighted by Crippen LogP contribution is -2.14. The van der Waals surface area contributed by atoms with Gasteiger partial charge in [0, 0.05) is 18.4 Å². The second-order valence-corrected chi connectivity index (χ2v) is 3.84. The van der Waals surface area contributed by atoms with Gasteiger partial charge in [0.1, 0.15) is 5.69 Å². The van der Waals surface area contributed by atoms with E-state index in [1.807, 2.05) is 25.2 Å². The van der Waals surface area contributed by atoms with Gasteiger partial charge in [-0.05, 0) is 24.7 Å². The summed E-state index contributed by atoms with van der Waals surface area (Å²) in [5.74, 6) is -0.352. The van der Waals surface area contributed by atoms with Gasteiger partial charge in [-0.2, -0.15) is 0 Å². The van der Waals surface area contributed by atoms with Crippen molar-refractivity contribution in [3.8, 4) is 0 Å². The summed E-state index contributed by atoms with van der Waals surface area (Å²) in [5, 5.41) is 5.75. The minimum absolute atomic E-state index is 0.207. The Balaban J connectivity index is 2.11. The number of anilines is 1. The van der Waals surface area contributed by atoms with Crippen molar-refractivity contribution in [3.63, 3.8) is 0 Å². The summed E-state index contributed by atoms with van der Waals surface area (Å²) >= 11 is 0. The number of amides is 1. The highest BCUT2D eigenvalue weighted by molar-refractivity contribution is 6.02. The Morgan fingerprint density at radius 1 is 1.39 bits per heavy atom. The van der Waals surface area contributed by atoms with E-state index < -0.39 is 5.69 Å². The molecular formula is C12H14N4O2. The second-order valence-electron chi connectivity index (χ2n) is 3.84. The molecule has 0 saturated heterocycles. The molecule has 0 aliphatic carbocycles. The van der Waals surface area contributed by atoms with Crippen LogP contribution in [0.2, 0.25) is 0 Å². The lowest BCUT2D eigenvalue weighted by Gasteiger charge is -2.06. The van der Waals surface area contributed by atoms with Crippen LogP contribution in [-0.4, -0.2) is 22.9 Å². The number of carbonyl (C=O) groups is 1. The maximum absolute atomic E-state index is 11.8. The molecule has 0 bridgehead atoms. The average molecular weight is 246 g/mol. The molecule has 4 N–H and O–H groups in total. The highest BCUT2D eigenvalue weighted by Gasteiger charge is 2.08. The molecule has 0 atom stereocenters. The van der Waals surface area contributed by atoms with Gasteiger partial charge in [0.05, 0.1) is 0 Å². The molecule has 0 fully saturated rings. The molecule has 6 nitrogen and oxygen atoms in total. The number of aromatic amines is 2. The first-order chi connectivity index (χ1) is 8.69. The van der Waals surface area contributed by atoms with E-state index in [2.05, 4.69) is 20.6 Å². The number of hydrogen-bond donors (Lipinski definition) is 4. The molecular weight excluding hydrogens is 232 g/mol. The number of hydrogen-bond acceptors (Lipinski definition) is 3. The Labute approximate surface area is 103 Å². The molecule has 1 amide bonds. The molecule has 1 heterocycles. The van der Waals surface area contributed by atoms with E-state index in [1.165, 1.54) is 6.20 Å². The summed E-state index contributed by atoms with van der Waals surface area (Å²) in [5.41, 5.74) is 1.57. The predicted octanol–water partition coefficient (Wildman–Crippen LogP) is 0.675. The average Bonchev–Trinajstić information content (AvgIpc) is 2.77. The van der Waals surface area contributed by atoms with E-state index in [-0.39, 0.29) is 11.6 Å². The SMILES string of the molecule is CNCc1cccc(NC(=O)c2c[nH]c(=O)[nH]2)c1. The van der Waals surface area contributed by atoms with Gasteiger partial charge in [-0.25, -0.2) is 4.79 Å². The molecule has 0 spiro atoms. The van der Waals surface area contributed by atoms with Gasteiger partial charge in [0.25, 0.3) is 5.91 Å². The zero-order valence-corrected chi connectivity index (χ0v) is 9.91. The third-order valence-electron chi connectivity index (χ3n) is 2.41. The van der Waals surface area contributed by atoms with Crippen LogP contribution >= 0.6 is 0 Å². The molecule has 0 aliphatic heterocycles. The smallest absolute Gasteiger partial charge is 0.321 e. The lowest BCUT2D eigenvalue weighted by molar-refractivity contribution is 0.102. The molecule has 2 rings (SSSR count). The molecule has 18 heavy (non-hydrogen) atoms. The first-order valence-electron chi connectivity index (χ1n) is 5.51. The summed E-state index contributed by atoms with van der Waals surface area (Å²) in [6, 6.07) is 7.49. The highest BCUT2D eigenvalue weighted by atomic mass is 16.2. The molecule has 2 aromatic rings. The van der Waals surface area contributed by atoms with Crippen molar-refractivity contribution in [1.29, 1.82) is 0 Å². The standard InChI is InChI=1S/C12H14N4O2/c1-13-6-8-3-2-4-9(5-8)15-11(17)10-7-14-12(18)16-10/h2-5,7,13H,6H2,1H3,(H,15,17)(H2,14,16,18). The minimum atomic E-state index is -0.399. The molecule has 1 aromatic carbocycles. The summed E-state index contributed by atoms with van der Waals surface area (Å²) < 4.78 is 0. The zero-order chi connectivity index (χ0) is 13.0. The van der Waals surface area contributed by atoms with Gasteiger partial charge in [0.15, 0.2) is 0 Å². The third kappa shape index (κ3) is 2.86. The molecule has 94 valence electrons. The van der Waals surface area contributed by atoms with Crippen LogP contribution in [0.4, 0.5) is 5.69 Å². The van der Waals surface area contributed by atoms with Gasteiger partial charge in [-0.15, -0.1) is 0 Å². The van der Waals surface area contributed by atoms with E-state index in [9.17, 15) is 9.59 Å². The number of benzene rings is 1. The van der Waals surface area contributed by atoms with Crippen molar-refractivity contribution >= 4 is 11.6 Å². The van der Waals surface area contributed by atoms with Crippen molar-refractivity contribution in [1.82, 2.24) is 15.3 Å². The number of carbonyl (C=O) groups excluding carboxylic acids is 1. The van der Waals surface area contributed by atoms with Gasteiger partial charge < -0.3 is 20.6 Å². The second kappa shape index (κ2) is 5.33. The van der Waals surface area contributed by atoms with Crippen LogP contribution in [0.25, 0.3) is 0 Å². The van der Waals surface area contributed by atoms with Crippen LogP contribution in [0.3, 0.4) is 0 Å². The topological polar surface area (TPSA) is 89.8 Å². The first-order valence-corrected chi connectivity index (χ1v) is 5.51. The van der Waals surface area contributed by atoms with Gasteiger partial charge in [0.2, 0.25) is 0 Å². The van der Waals surface area contributed by atoms with E-state index in [1.54, 1.807) is 6.07 Å². The van der Waals surface area contributed by atoms with E-state index in [4.69, 9.17) is 0 Å². The zero-order valence-electron chi connectivity index (χ0n) is 9.91.